The molecule has 0 saturated heterocycles. The summed E-state index contributed by atoms with van der Waals surface area (Å²) in [5, 5.41) is 0. The highest BCUT2D eigenvalue weighted by atomic mass is 16.2. The van der Waals surface area contributed by atoms with Crippen molar-refractivity contribution in [1.29, 1.82) is 0 Å². The number of carbonyl (C=O) groups excluding carboxylic acids is 1. The zero-order valence-electron chi connectivity index (χ0n) is 14.8. The van der Waals surface area contributed by atoms with Crippen molar-refractivity contribution in [1.82, 2.24) is 4.90 Å². The van der Waals surface area contributed by atoms with E-state index in [0.29, 0.717) is 12.3 Å². The Kier molecular flexibility index (Phi) is 6.74. The standard InChI is InChI=1S/C21H26N2O/c1-4-14-23(21(24)17(2)22-3)16-20-12-10-19(11-13-20)15-18-8-6-5-7-9-18/h5-13H,4,14-16H2,1-3H3. The first kappa shape index (κ1) is 17.9. The van der Waals surface area contributed by atoms with Crippen LogP contribution in [0.5, 0.6) is 0 Å². The molecule has 0 radical (unpaired) electrons. The molecule has 0 aliphatic carbocycles. The lowest BCUT2D eigenvalue weighted by atomic mass is 10.0. The van der Waals surface area contributed by atoms with Crippen molar-refractivity contribution in [2.24, 2.45) is 4.99 Å². The fourth-order valence-electron chi connectivity index (χ4n) is 2.66. The van der Waals surface area contributed by atoms with Crippen molar-refractivity contribution in [3.8, 4) is 0 Å². The van der Waals surface area contributed by atoms with Gasteiger partial charge in [-0.05, 0) is 36.5 Å². The molecule has 0 atom stereocenters. The molecule has 3 nitrogen and oxygen atoms in total. The number of aliphatic imine (C=N–C) groups is 1. The molecule has 0 aromatic heterocycles. The third-order valence-electron chi connectivity index (χ3n) is 4.07. The average molecular weight is 322 g/mol. The third-order valence-corrected chi connectivity index (χ3v) is 4.07. The number of nitrogens with zero attached hydrogens (tertiary/aromatic N) is 2. The van der Waals surface area contributed by atoms with E-state index in [0.717, 1.165) is 24.9 Å². The van der Waals surface area contributed by atoms with Gasteiger partial charge in [-0.2, -0.15) is 0 Å². The Bertz CT molecular complexity index is 675. The molecule has 2 aromatic carbocycles. The van der Waals surface area contributed by atoms with Gasteiger partial charge in [-0.1, -0.05) is 61.5 Å². The minimum absolute atomic E-state index is 0.0210. The Hall–Kier alpha value is -2.42. The van der Waals surface area contributed by atoms with Gasteiger partial charge in [0, 0.05) is 20.1 Å². The van der Waals surface area contributed by atoms with Crippen molar-refractivity contribution in [3.05, 3.63) is 71.3 Å². The van der Waals surface area contributed by atoms with Gasteiger partial charge >= 0.3 is 0 Å². The molecule has 2 rings (SSSR count). The van der Waals surface area contributed by atoms with Gasteiger partial charge in [0.25, 0.3) is 5.91 Å². The first-order valence-corrected chi connectivity index (χ1v) is 8.48. The van der Waals surface area contributed by atoms with Crippen molar-refractivity contribution in [2.75, 3.05) is 13.6 Å². The third kappa shape index (κ3) is 5.05. The maximum atomic E-state index is 12.4. The van der Waals surface area contributed by atoms with Crippen LogP contribution in [-0.4, -0.2) is 30.1 Å². The molecule has 1 amide bonds. The minimum atomic E-state index is 0.0210. The average Bonchev–Trinajstić information content (AvgIpc) is 2.62. The van der Waals surface area contributed by atoms with Crippen LogP contribution < -0.4 is 0 Å². The molecule has 0 fully saturated rings. The summed E-state index contributed by atoms with van der Waals surface area (Å²) in [6.07, 6.45) is 1.87. The Labute approximate surface area is 145 Å². The van der Waals surface area contributed by atoms with E-state index >= 15 is 0 Å². The highest BCUT2D eigenvalue weighted by Gasteiger charge is 2.15. The Morgan fingerprint density at radius 1 is 0.958 bits per heavy atom. The normalized spacial score (nSPS) is 11.4. The number of hydrogen-bond acceptors (Lipinski definition) is 2. The van der Waals surface area contributed by atoms with Crippen LogP contribution in [-0.2, 0) is 17.8 Å². The highest BCUT2D eigenvalue weighted by molar-refractivity contribution is 6.37. The van der Waals surface area contributed by atoms with E-state index in [4.69, 9.17) is 0 Å². The molecular weight excluding hydrogens is 296 g/mol. The van der Waals surface area contributed by atoms with Crippen LogP contribution in [0.1, 0.15) is 37.0 Å². The molecule has 0 heterocycles. The van der Waals surface area contributed by atoms with Crippen LogP contribution in [0.4, 0.5) is 0 Å². The zero-order valence-corrected chi connectivity index (χ0v) is 14.8. The topological polar surface area (TPSA) is 32.7 Å². The Morgan fingerprint density at radius 3 is 2.12 bits per heavy atom. The van der Waals surface area contributed by atoms with E-state index in [-0.39, 0.29) is 5.91 Å². The molecule has 0 bridgehead atoms. The van der Waals surface area contributed by atoms with Gasteiger partial charge < -0.3 is 4.90 Å². The van der Waals surface area contributed by atoms with Crippen LogP contribution in [0.3, 0.4) is 0 Å². The lowest BCUT2D eigenvalue weighted by Gasteiger charge is -2.22. The van der Waals surface area contributed by atoms with Crippen molar-refractivity contribution in [2.45, 2.75) is 33.2 Å². The van der Waals surface area contributed by atoms with Crippen LogP contribution in [0.2, 0.25) is 0 Å². The fraction of sp³-hybridized carbons (Fsp3) is 0.333. The largest absolute Gasteiger partial charge is 0.333 e. The van der Waals surface area contributed by atoms with Crippen LogP contribution >= 0.6 is 0 Å². The number of rotatable bonds is 7. The molecule has 0 aliphatic rings. The van der Waals surface area contributed by atoms with Crippen LogP contribution in [0, 0.1) is 0 Å². The van der Waals surface area contributed by atoms with Crippen LogP contribution in [0.15, 0.2) is 59.6 Å². The van der Waals surface area contributed by atoms with Crippen molar-refractivity contribution in [3.63, 3.8) is 0 Å². The summed E-state index contributed by atoms with van der Waals surface area (Å²) in [5.74, 6) is 0.0210. The molecule has 3 heteroatoms. The zero-order chi connectivity index (χ0) is 17.4. The van der Waals surface area contributed by atoms with Gasteiger partial charge in [0.2, 0.25) is 0 Å². The van der Waals surface area contributed by atoms with E-state index in [2.05, 4.69) is 60.4 Å². The number of hydrogen-bond donors (Lipinski definition) is 0. The molecular formula is C21H26N2O. The Balaban J connectivity index is 2.04. The van der Waals surface area contributed by atoms with E-state index in [9.17, 15) is 4.79 Å². The summed E-state index contributed by atoms with van der Waals surface area (Å²) in [4.78, 5) is 18.3. The Morgan fingerprint density at radius 2 is 1.54 bits per heavy atom. The maximum absolute atomic E-state index is 12.4. The van der Waals surface area contributed by atoms with Gasteiger partial charge in [0.05, 0.1) is 5.71 Å². The predicted octanol–water partition coefficient (Wildman–Crippen LogP) is 4.11. The molecule has 0 spiro atoms. The van der Waals surface area contributed by atoms with Gasteiger partial charge in [-0.15, -0.1) is 0 Å². The number of amides is 1. The number of benzene rings is 2. The maximum Gasteiger partial charge on any atom is 0.267 e. The van der Waals surface area contributed by atoms with Gasteiger partial charge in [0.1, 0.15) is 0 Å². The minimum Gasteiger partial charge on any atom is -0.333 e. The van der Waals surface area contributed by atoms with Gasteiger partial charge in [-0.25, -0.2) is 0 Å². The number of carbonyl (C=O) groups is 1. The van der Waals surface area contributed by atoms with Gasteiger partial charge in [-0.3, -0.25) is 9.79 Å². The summed E-state index contributed by atoms with van der Waals surface area (Å²) < 4.78 is 0. The smallest absolute Gasteiger partial charge is 0.267 e. The van der Waals surface area contributed by atoms with Crippen LogP contribution in [0.25, 0.3) is 0 Å². The second-order valence-corrected chi connectivity index (χ2v) is 6.01. The van der Waals surface area contributed by atoms with Crippen molar-refractivity contribution >= 4 is 11.6 Å². The summed E-state index contributed by atoms with van der Waals surface area (Å²) in [7, 11) is 1.66. The SMILES string of the molecule is CCCN(Cc1ccc(Cc2ccccc2)cc1)C(=O)C(C)=NC. The lowest BCUT2D eigenvalue weighted by molar-refractivity contribution is -0.124. The van der Waals surface area contributed by atoms with E-state index < -0.39 is 0 Å². The molecule has 2 aromatic rings. The molecule has 24 heavy (non-hydrogen) atoms. The molecule has 0 unspecified atom stereocenters. The molecule has 126 valence electrons. The first-order valence-electron chi connectivity index (χ1n) is 8.48. The fourth-order valence-corrected chi connectivity index (χ4v) is 2.66. The summed E-state index contributed by atoms with van der Waals surface area (Å²) in [5.41, 5.74) is 4.30. The first-order chi connectivity index (χ1) is 11.6. The van der Waals surface area contributed by atoms with E-state index in [1.54, 1.807) is 14.0 Å². The second kappa shape index (κ2) is 9.02. The monoisotopic (exact) mass is 322 g/mol. The van der Waals surface area contributed by atoms with Crippen molar-refractivity contribution < 1.29 is 4.79 Å². The quantitative estimate of drug-likeness (QED) is 0.706. The van der Waals surface area contributed by atoms with E-state index in [1.807, 2.05) is 11.0 Å². The summed E-state index contributed by atoms with van der Waals surface area (Å²) in [6.45, 7) is 5.23. The molecule has 0 N–H and O–H groups in total. The molecule has 0 aliphatic heterocycles. The second-order valence-electron chi connectivity index (χ2n) is 6.01. The molecule has 0 saturated carbocycles. The lowest BCUT2D eigenvalue weighted by Crippen LogP contribution is -2.35. The summed E-state index contributed by atoms with van der Waals surface area (Å²) >= 11 is 0. The highest BCUT2D eigenvalue weighted by Crippen LogP contribution is 2.13. The summed E-state index contributed by atoms with van der Waals surface area (Å²) in [6, 6.07) is 19.0. The van der Waals surface area contributed by atoms with Gasteiger partial charge in [0.15, 0.2) is 0 Å². The predicted molar refractivity (Wildman–Crippen MR) is 100 cm³/mol. The van der Waals surface area contributed by atoms with E-state index in [1.165, 1.54) is 11.1 Å².